The highest BCUT2D eigenvalue weighted by Gasteiger charge is 2.27. The third-order valence-electron chi connectivity index (χ3n) is 3.72. The Bertz CT molecular complexity index is 540. The van der Waals surface area contributed by atoms with Gasteiger partial charge in [-0.05, 0) is 37.3 Å². The Kier molecular flexibility index (Phi) is 4.95. The molecule has 1 saturated carbocycles. The molecule has 0 saturated heterocycles. The molecule has 0 aromatic heterocycles. The number of rotatable bonds is 3. The van der Waals surface area contributed by atoms with Gasteiger partial charge in [-0.3, -0.25) is 0 Å². The van der Waals surface area contributed by atoms with Gasteiger partial charge in [0.05, 0.1) is 6.61 Å². The quantitative estimate of drug-likeness (QED) is 0.477. The number of hydrogen-bond acceptors (Lipinski definition) is 3. The van der Waals surface area contributed by atoms with Crippen LogP contribution in [0.3, 0.4) is 0 Å². The van der Waals surface area contributed by atoms with Crippen LogP contribution < -0.4 is 0 Å². The molecule has 0 bridgehead atoms. The van der Waals surface area contributed by atoms with Gasteiger partial charge in [0.15, 0.2) is 0 Å². The number of carbonyl (C=O) groups is 1. The van der Waals surface area contributed by atoms with E-state index in [1.54, 1.807) is 6.92 Å². The van der Waals surface area contributed by atoms with Crippen LogP contribution in [0.2, 0.25) is 0 Å². The number of allylic oxidation sites excluding steroid dienone is 1. The second-order valence-electron chi connectivity index (χ2n) is 4.94. The van der Waals surface area contributed by atoms with Gasteiger partial charge in [0.1, 0.15) is 11.6 Å². The summed E-state index contributed by atoms with van der Waals surface area (Å²) in [5.74, 6) is -0.308. The molecule has 1 aromatic carbocycles. The third-order valence-corrected chi connectivity index (χ3v) is 3.72. The Hall–Kier alpha value is -2.08. The second kappa shape index (κ2) is 6.91. The predicted octanol–water partition coefficient (Wildman–Crippen LogP) is 3.73. The number of ether oxygens (including phenoxy) is 1. The zero-order chi connectivity index (χ0) is 14.4. The molecule has 0 radical (unpaired) electrons. The number of benzene rings is 1. The minimum Gasteiger partial charge on any atom is -0.462 e. The van der Waals surface area contributed by atoms with E-state index >= 15 is 0 Å². The van der Waals surface area contributed by atoms with E-state index in [4.69, 9.17) is 4.74 Å². The van der Waals surface area contributed by atoms with E-state index in [1.807, 2.05) is 18.2 Å². The summed E-state index contributed by atoms with van der Waals surface area (Å²) < 4.78 is 5.01. The van der Waals surface area contributed by atoms with Gasteiger partial charge < -0.3 is 4.74 Å². The summed E-state index contributed by atoms with van der Waals surface area (Å²) in [5.41, 5.74) is 2.34. The Labute approximate surface area is 119 Å². The first kappa shape index (κ1) is 14.3. The molecular weight excluding hydrogens is 250 g/mol. The molecule has 104 valence electrons. The number of nitrogens with zero attached hydrogens (tertiary/aromatic N) is 1. The Balaban J connectivity index is 2.39. The van der Waals surface area contributed by atoms with E-state index < -0.39 is 5.97 Å². The van der Waals surface area contributed by atoms with Crippen LogP contribution in [0.15, 0.2) is 41.5 Å². The Morgan fingerprint density at radius 3 is 2.75 bits per heavy atom. The van der Waals surface area contributed by atoms with Gasteiger partial charge in [-0.2, -0.15) is 5.26 Å². The van der Waals surface area contributed by atoms with Gasteiger partial charge in [-0.15, -0.1) is 0 Å². The topological polar surface area (TPSA) is 50.1 Å². The van der Waals surface area contributed by atoms with E-state index in [0.717, 1.165) is 31.3 Å². The number of nitriles is 1. The van der Waals surface area contributed by atoms with Crippen molar-refractivity contribution in [3.8, 4) is 6.07 Å². The van der Waals surface area contributed by atoms with Crippen molar-refractivity contribution in [2.24, 2.45) is 0 Å². The van der Waals surface area contributed by atoms with Crippen LogP contribution in [-0.2, 0) is 9.53 Å². The molecule has 1 aliphatic rings. The molecule has 0 amide bonds. The lowest BCUT2D eigenvalue weighted by molar-refractivity contribution is -0.138. The molecule has 0 spiro atoms. The van der Waals surface area contributed by atoms with E-state index in [2.05, 4.69) is 18.2 Å². The highest BCUT2D eigenvalue weighted by atomic mass is 16.5. The molecule has 2 rings (SSSR count). The fraction of sp³-hybridized carbons (Fsp3) is 0.412. The van der Waals surface area contributed by atoms with Crippen LogP contribution in [0.5, 0.6) is 0 Å². The zero-order valence-corrected chi connectivity index (χ0v) is 11.8. The summed E-state index contributed by atoms with van der Waals surface area (Å²) in [6.45, 7) is 2.06. The van der Waals surface area contributed by atoms with E-state index in [9.17, 15) is 10.1 Å². The van der Waals surface area contributed by atoms with Crippen LogP contribution in [0.4, 0.5) is 0 Å². The van der Waals surface area contributed by atoms with Crippen LogP contribution in [-0.4, -0.2) is 12.6 Å². The van der Waals surface area contributed by atoms with Crippen LogP contribution in [0, 0.1) is 11.3 Å². The van der Waals surface area contributed by atoms with Gasteiger partial charge in [-0.1, -0.05) is 36.8 Å². The molecule has 1 atom stereocenters. The average molecular weight is 269 g/mol. The molecular formula is C17H19NO2. The summed E-state index contributed by atoms with van der Waals surface area (Å²) in [7, 11) is 0. The fourth-order valence-electron chi connectivity index (χ4n) is 2.82. The van der Waals surface area contributed by atoms with Crippen molar-refractivity contribution in [2.75, 3.05) is 6.61 Å². The molecule has 0 N–H and O–H groups in total. The first-order valence-corrected chi connectivity index (χ1v) is 7.13. The molecule has 1 unspecified atom stereocenters. The molecule has 20 heavy (non-hydrogen) atoms. The summed E-state index contributed by atoms with van der Waals surface area (Å²) in [4.78, 5) is 11.9. The normalized spacial score (nSPS) is 20.9. The first-order chi connectivity index (χ1) is 9.77. The average Bonchev–Trinajstić information content (AvgIpc) is 2.50. The van der Waals surface area contributed by atoms with Gasteiger partial charge in [-0.25, -0.2) is 4.79 Å². The van der Waals surface area contributed by atoms with E-state index in [0.29, 0.717) is 6.61 Å². The molecule has 1 aliphatic carbocycles. The lowest BCUT2D eigenvalue weighted by Crippen LogP contribution is -2.16. The SMILES string of the molecule is CCOC(=O)C(C#N)=C1CCCCC1c1ccccc1. The summed E-state index contributed by atoms with van der Waals surface area (Å²) in [6, 6.07) is 12.2. The number of esters is 1. The smallest absolute Gasteiger partial charge is 0.348 e. The zero-order valence-electron chi connectivity index (χ0n) is 11.8. The van der Waals surface area contributed by atoms with Crippen molar-refractivity contribution < 1.29 is 9.53 Å². The van der Waals surface area contributed by atoms with Gasteiger partial charge in [0, 0.05) is 5.92 Å². The molecule has 3 heteroatoms. The molecule has 1 aromatic rings. The highest BCUT2D eigenvalue weighted by molar-refractivity contribution is 5.94. The fourth-order valence-corrected chi connectivity index (χ4v) is 2.82. The van der Waals surface area contributed by atoms with E-state index in [1.165, 1.54) is 5.56 Å². The van der Waals surface area contributed by atoms with Crippen molar-refractivity contribution in [1.82, 2.24) is 0 Å². The van der Waals surface area contributed by atoms with Gasteiger partial charge in [0.2, 0.25) is 0 Å². The minimum atomic E-state index is -0.479. The van der Waals surface area contributed by atoms with Crippen molar-refractivity contribution in [1.29, 1.82) is 5.26 Å². The monoisotopic (exact) mass is 269 g/mol. The Morgan fingerprint density at radius 2 is 2.10 bits per heavy atom. The standard InChI is InChI=1S/C17H19NO2/c1-2-20-17(19)16(12-18)15-11-7-6-10-14(15)13-8-4-3-5-9-13/h3-5,8-9,14H,2,6-7,10-11H2,1H3. The summed E-state index contributed by atoms with van der Waals surface area (Å²) >= 11 is 0. The summed E-state index contributed by atoms with van der Waals surface area (Å²) in [6.07, 6.45) is 3.96. The number of hydrogen-bond donors (Lipinski definition) is 0. The van der Waals surface area contributed by atoms with Gasteiger partial charge >= 0.3 is 5.97 Å². The van der Waals surface area contributed by atoms with E-state index in [-0.39, 0.29) is 11.5 Å². The molecule has 1 fully saturated rings. The highest BCUT2D eigenvalue weighted by Crippen LogP contribution is 2.39. The molecule has 3 nitrogen and oxygen atoms in total. The van der Waals surface area contributed by atoms with Crippen LogP contribution >= 0.6 is 0 Å². The largest absolute Gasteiger partial charge is 0.462 e. The predicted molar refractivity (Wildman–Crippen MR) is 76.9 cm³/mol. The van der Waals surface area contributed by atoms with Crippen molar-refractivity contribution in [2.45, 2.75) is 38.5 Å². The summed E-state index contributed by atoms with van der Waals surface area (Å²) in [5, 5.41) is 9.33. The van der Waals surface area contributed by atoms with Gasteiger partial charge in [0.25, 0.3) is 0 Å². The molecule has 0 heterocycles. The minimum absolute atomic E-state index is 0.170. The second-order valence-corrected chi connectivity index (χ2v) is 4.94. The van der Waals surface area contributed by atoms with Crippen molar-refractivity contribution in [3.05, 3.63) is 47.0 Å². The Morgan fingerprint density at radius 1 is 1.35 bits per heavy atom. The maximum Gasteiger partial charge on any atom is 0.348 e. The maximum atomic E-state index is 11.9. The van der Waals surface area contributed by atoms with Crippen molar-refractivity contribution in [3.63, 3.8) is 0 Å². The number of carbonyl (C=O) groups excluding carboxylic acids is 1. The van der Waals surface area contributed by atoms with Crippen LogP contribution in [0.1, 0.15) is 44.1 Å². The first-order valence-electron chi connectivity index (χ1n) is 7.13. The molecule has 0 aliphatic heterocycles. The third kappa shape index (κ3) is 3.08. The lowest BCUT2D eigenvalue weighted by Gasteiger charge is -2.26. The maximum absolute atomic E-state index is 11.9. The lowest BCUT2D eigenvalue weighted by atomic mass is 9.78. The van der Waals surface area contributed by atoms with Crippen molar-refractivity contribution >= 4 is 5.97 Å². The van der Waals surface area contributed by atoms with Crippen LogP contribution in [0.25, 0.3) is 0 Å².